The highest BCUT2D eigenvalue weighted by Crippen LogP contribution is 2.45. The highest BCUT2D eigenvalue weighted by atomic mass is 32.1. The molecular weight excluding hydrogens is 789 g/mol. The molecule has 0 atom stereocenters. The largest absolute Gasteiger partial charge is 0.455 e. The van der Waals surface area contributed by atoms with Gasteiger partial charge in [0.05, 0.1) is 11.0 Å². The number of thiophene rings is 1. The number of rotatable bonds is 6. The van der Waals surface area contributed by atoms with Gasteiger partial charge in [0.1, 0.15) is 11.2 Å². The van der Waals surface area contributed by atoms with Gasteiger partial charge in [0.25, 0.3) is 0 Å². The normalized spacial score (nSPS) is 11.8. The van der Waals surface area contributed by atoms with Gasteiger partial charge < -0.3 is 8.98 Å². The number of nitrogens with zero attached hydrogens (tertiary/aromatic N) is 4. The fourth-order valence-electron chi connectivity index (χ4n) is 9.50. The van der Waals surface area contributed by atoms with E-state index in [1.54, 1.807) is 0 Å². The minimum absolute atomic E-state index is 0.584. The van der Waals surface area contributed by atoms with E-state index in [0.29, 0.717) is 17.5 Å². The van der Waals surface area contributed by atoms with E-state index in [-0.39, 0.29) is 0 Å². The Bertz CT molecular complexity index is 3920. The Morgan fingerprint density at radius 2 is 0.968 bits per heavy atom. The fraction of sp³-hybridized carbons (Fsp3) is 0. The lowest BCUT2D eigenvalue weighted by Crippen LogP contribution is -2.01. The lowest BCUT2D eigenvalue weighted by Gasteiger charge is -2.13. The third kappa shape index (κ3) is 5.66. The summed E-state index contributed by atoms with van der Waals surface area (Å²) >= 11 is 1.82. The molecule has 0 saturated heterocycles. The Morgan fingerprint density at radius 3 is 1.84 bits per heavy atom. The van der Waals surface area contributed by atoms with Gasteiger partial charge in [-0.2, -0.15) is 0 Å². The first-order valence-corrected chi connectivity index (χ1v) is 21.9. The molecule has 0 aliphatic heterocycles. The zero-order chi connectivity index (χ0) is 41.4. The van der Waals surface area contributed by atoms with Crippen LogP contribution in [0, 0.1) is 0 Å². The molecule has 0 unspecified atom stereocenters. The van der Waals surface area contributed by atoms with Crippen LogP contribution in [0.3, 0.4) is 0 Å². The van der Waals surface area contributed by atoms with Crippen molar-refractivity contribution < 1.29 is 4.42 Å². The van der Waals surface area contributed by atoms with E-state index in [2.05, 4.69) is 180 Å². The van der Waals surface area contributed by atoms with Crippen molar-refractivity contribution in [1.82, 2.24) is 19.5 Å². The fourth-order valence-corrected chi connectivity index (χ4v) is 10.6. The average molecular weight is 823 g/mol. The molecule has 0 N–H and O–H groups in total. The van der Waals surface area contributed by atoms with Crippen molar-refractivity contribution in [2.75, 3.05) is 0 Å². The standard InChI is InChI=1S/C57H34N4OS/c1-3-16-35(17-4-1)55-58-56(43-22-8-7-20-39(43)42-25-15-31-51-53(42)44-23-10-12-30-50(44)63-51)60-57(59-55)46-27-14-29-49-52(46)45-26-13-24-38(54(45)62-49)36-32-33-41-40-21-9-11-28-47(40)61(48(41)34-36)37-18-5-2-6-19-37/h1-34H. The molecule has 294 valence electrons. The summed E-state index contributed by atoms with van der Waals surface area (Å²) in [5.41, 5.74) is 12.1. The molecule has 0 aliphatic carbocycles. The van der Waals surface area contributed by atoms with Crippen molar-refractivity contribution in [2.45, 2.75) is 0 Å². The lowest BCUT2D eigenvalue weighted by molar-refractivity contribution is 0.670. The summed E-state index contributed by atoms with van der Waals surface area (Å²) in [6, 6.07) is 72.5. The quantitative estimate of drug-likeness (QED) is 0.168. The first kappa shape index (κ1) is 35.6. The molecule has 0 fully saturated rings. The van der Waals surface area contributed by atoms with Crippen molar-refractivity contribution in [3.63, 3.8) is 0 Å². The average Bonchev–Trinajstić information content (AvgIpc) is 4.04. The highest BCUT2D eigenvalue weighted by molar-refractivity contribution is 7.25. The summed E-state index contributed by atoms with van der Waals surface area (Å²) in [6.07, 6.45) is 0. The van der Waals surface area contributed by atoms with Crippen LogP contribution in [0.4, 0.5) is 0 Å². The second kappa shape index (κ2) is 14.2. The number of para-hydroxylation sites is 3. The van der Waals surface area contributed by atoms with E-state index < -0.39 is 0 Å². The van der Waals surface area contributed by atoms with Gasteiger partial charge in [0.15, 0.2) is 17.5 Å². The van der Waals surface area contributed by atoms with Crippen LogP contribution in [0.25, 0.3) is 126 Å². The molecule has 9 aromatic carbocycles. The summed E-state index contributed by atoms with van der Waals surface area (Å²) in [4.78, 5) is 15.8. The Labute approximate surface area is 365 Å². The van der Waals surface area contributed by atoms with Crippen LogP contribution in [0.15, 0.2) is 211 Å². The van der Waals surface area contributed by atoms with Gasteiger partial charge in [0.2, 0.25) is 0 Å². The molecule has 0 saturated carbocycles. The summed E-state index contributed by atoms with van der Waals surface area (Å²) in [6.45, 7) is 0. The highest BCUT2D eigenvalue weighted by Gasteiger charge is 2.22. The van der Waals surface area contributed by atoms with Gasteiger partial charge in [-0.1, -0.05) is 164 Å². The predicted molar refractivity (Wildman–Crippen MR) is 262 cm³/mol. The van der Waals surface area contributed by atoms with Crippen molar-refractivity contribution in [2.24, 2.45) is 0 Å². The van der Waals surface area contributed by atoms with E-state index >= 15 is 0 Å². The van der Waals surface area contributed by atoms with E-state index in [1.165, 1.54) is 36.5 Å². The number of hydrogen-bond acceptors (Lipinski definition) is 5. The smallest absolute Gasteiger partial charge is 0.164 e. The van der Waals surface area contributed by atoms with Crippen molar-refractivity contribution in [1.29, 1.82) is 0 Å². The van der Waals surface area contributed by atoms with Gasteiger partial charge >= 0.3 is 0 Å². The zero-order valence-electron chi connectivity index (χ0n) is 33.7. The van der Waals surface area contributed by atoms with Crippen LogP contribution in [0.2, 0.25) is 0 Å². The molecule has 13 aromatic rings. The molecule has 4 aromatic heterocycles. The predicted octanol–water partition coefficient (Wildman–Crippen LogP) is 15.6. The minimum Gasteiger partial charge on any atom is -0.455 e. The van der Waals surface area contributed by atoms with Gasteiger partial charge in [-0.25, -0.2) is 15.0 Å². The van der Waals surface area contributed by atoms with Crippen molar-refractivity contribution in [3.8, 4) is 62.1 Å². The first-order chi connectivity index (χ1) is 31.2. The first-order valence-electron chi connectivity index (χ1n) is 21.1. The van der Waals surface area contributed by atoms with Crippen LogP contribution in [-0.4, -0.2) is 19.5 Å². The maximum atomic E-state index is 6.88. The second-order valence-corrected chi connectivity index (χ2v) is 17.0. The van der Waals surface area contributed by atoms with Gasteiger partial charge in [-0.15, -0.1) is 11.3 Å². The second-order valence-electron chi connectivity index (χ2n) is 15.9. The van der Waals surface area contributed by atoms with E-state index in [1.807, 2.05) is 41.7 Å². The van der Waals surface area contributed by atoms with Gasteiger partial charge in [0, 0.05) is 69.7 Å². The molecule has 0 amide bonds. The molecule has 4 heterocycles. The molecule has 0 radical (unpaired) electrons. The lowest BCUT2D eigenvalue weighted by atomic mass is 9.95. The minimum atomic E-state index is 0.584. The summed E-state index contributed by atoms with van der Waals surface area (Å²) < 4.78 is 11.8. The number of benzene rings is 9. The number of aromatic nitrogens is 4. The third-order valence-corrected chi connectivity index (χ3v) is 13.4. The SMILES string of the molecule is c1ccc(-c2nc(-c3ccccc3-c3cccc4sc5ccccc5c34)nc(-c3cccc4oc5c(-c6ccc7c8ccccc8n(-c8ccccc8)c7c6)cccc5c34)n2)cc1. The number of fused-ring (bicyclic) bond motifs is 9. The third-order valence-electron chi connectivity index (χ3n) is 12.3. The molecular formula is C57H34N4OS. The molecule has 0 bridgehead atoms. The summed E-state index contributed by atoms with van der Waals surface area (Å²) in [7, 11) is 0. The van der Waals surface area contributed by atoms with E-state index in [0.717, 1.165) is 72.1 Å². The maximum absolute atomic E-state index is 6.88. The topological polar surface area (TPSA) is 56.7 Å². The van der Waals surface area contributed by atoms with Crippen LogP contribution >= 0.6 is 11.3 Å². The molecule has 5 nitrogen and oxygen atoms in total. The van der Waals surface area contributed by atoms with E-state index in [9.17, 15) is 0 Å². The maximum Gasteiger partial charge on any atom is 0.164 e. The molecule has 0 aliphatic rings. The van der Waals surface area contributed by atoms with Crippen molar-refractivity contribution in [3.05, 3.63) is 206 Å². The van der Waals surface area contributed by atoms with Gasteiger partial charge in [-0.05, 0) is 59.2 Å². The molecule has 6 heteroatoms. The Hall–Kier alpha value is -8.19. The number of furan rings is 1. The van der Waals surface area contributed by atoms with Crippen molar-refractivity contribution >= 4 is 75.3 Å². The van der Waals surface area contributed by atoms with Crippen LogP contribution < -0.4 is 0 Å². The molecule has 0 spiro atoms. The monoisotopic (exact) mass is 822 g/mol. The zero-order valence-corrected chi connectivity index (χ0v) is 34.6. The molecule has 13 rings (SSSR count). The van der Waals surface area contributed by atoms with Gasteiger partial charge in [-0.3, -0.25) is 0 Å². The van der Waals surface area contributed by atoms with E-state index in [4.69, 9.17) is 19.4 Å². The Balaban J connectivity index is 1.01. The Morgan fingerprint density at radius 1 is 0.365 bits per heavy atom. The summed E-state index contributed by atoms with van der Waals surface area (Å²) in [5.74, 6) is 1.80. The molecule has 63 heavy (non-hydrogen) atoms. The van der Waals surface area contributed by atoms with Crippen LogP contribution in [-0.2, 0) is 0 Å². The number of hydrogen-bond donors (Lipinski definition) is 0. The Kier molecular flexibility index (Phi) is 8.01. The van der Waals surface area contributed by atoms with Crippen LogP contribution in [0.1, 0.15) is 0 Å². The van der Waals surface area contributed by atoms with Crippen LogP contribution in [0.5, 0.6) is 0 Å². The summed E-state index contributed by atoms with van der Waals surface area (Å²) in [5, 5.41) is 6.89.